The Balaban J connectivity index is 1.91. The molecule has 1 aromatic carbocycles. The van der Waals surface area contributed by atoms with Gasteiger partial charge in [0.1, 0.15) is 0 Å². The van der Waals surface area contributed by atoms with Crippen molar-refractivity contribution in [3.63, 3.8) is 0 Å². The molecule has 2 rings (SSSR count). The number of hydrogen-bond donors (Lipinski definition) is 2. The van der Waals surface area contributed by atoms with Gasteiger partial charge in [0.25, 0.3) is 0 Å². The van der Waals surface area contributed by atoms with Crippen molar-refractivity contribution in [3.8, 4) is 0 Å². The maximum absolute atomic E-state index is 12.1. The van der Waals surface area contributed by atoms with Crippen LogP contribution in [0.15, 0.2) is 24.3 Å². The van der Waals surface area contributed by atoms with Crippen LogP contribution in [0.25, 0.3) is 0 Å². The summed E-state index contributed by atoms with van der Waals surface area (Å²) in [6, 6.07) is 6.50. The minimum Gasteiger partial charge on any atom is -0.465 e. The number of nitrogens with zero attached hydrogens (tertiary/aromatic N) is 1. The predicted octanol–water partition coefficient (Wildman–Crippen LogP) is 1.90. The van der Waals surface area contributed by atoms with Gasteiger partial charge in [0.05, 0.1) is 5.75 Å². The highest BCUT2D eigenvalue weighted by Crippen LogP contribution is 2.15. The first-order chi connectivity index (χ1) is 9.85. The van der Waals surface area contributed by atoms with Crippen LogP contribution in [0, 0.1) is 0 Å². The number of sulfonamides is 1. The van der Waals surface area contributed by atoms with Crippen molar-refractivity contribution in [3.05, 3.63) is 34.9 Å². The molecule has 2 N–H and O–H groups in total. The minimum absolute atomic E-state index is 0.132. The molecule has 1 aliphatic heterocycles. The van der Waals surface area contributed by atoms with E-state index in [9.17, 15) is 13.2 Å². The molecule has 1 fully saturated rings. The second-order valence-electron chi connectivity index (χ2n) is 5.05. The first kappa shape index (κ1) is 16.1. The number of likely N-dealkylation sites (tertiary alicyclic amines) is 1. The van der Waals surface area contributed by atoms with Crippen molar-refractivity contribution in [2.24, 2.45) is 0 Å². The fraction of sp³-hybridized carbons (Fsp3) is 0.462. The lowest BCUT2D eigenvalue weighted by atomic mass is 10.1. The van der Waals surface area contributed by atoms with Gasteiger partial charge in [-0.3, -0.25) is 0 Å². The molecular formula is C13H17ClN2O4S. The van der Waals surface area contributed by atoms with E-state index in [4.69, 9.17) is 16.7 Å². The Morgan fingerprint density at radius 3 is 2.62 bits per heavy atom. The number of hydrogen-bond acceptors (Lipinski definition) is 3. The molecule has 1 saturated heterocycles. The molecule has 0 bridgehead atoms. The first-order valence-corrected chi connectivity index (χ1v) is 8.61. The lowest BCUT2D eigenvalue weighted by molar-refractivity contribution is 0.131. The minimum atomic E-state index is -3.46. The summed E-state index contributed by atoms with van der Waals surface area (Å²) >= 11 is 5.83. The van der Waals surface area contributed by atoms with E-state index in [0.717, 1.165) is 0 Å². The normalized spacial score (nSPS) is 16.9. The van der Waals surface area contributed by atoms with Gasteiger partial charge in [0, 0.05) is 24.2 Å². The van der Waals surface area contributed by atoms with Gasteiger partial charge in [0.15, 0.2) is 0 Å². The van der Waals surface area contributed by atoms with E-state index >= 15 is 0 Å². The van der Waals surface area contributed by atoms with Crippen LogP contribution in [0.5, 0.6) is 0 Å². The van der Waals surface area contributed by atoms with Gasteiger partial charge < -0.3 is 10.0 Å². The Labute approximate surface area is 128 Å². The number of carboxylic acid groups (broad SMARTS) is 1. The zero-order valence-corrected chi connectivity index (χ0v) is 12.9. The van der Waals surface area contributed by atoms with E-state index in [1.54, 1.807) is 24.3 Å². The lowest BCUT2D eigenvalue weighted by Crippen LogP contribution is -2.46. The quantitative estimate of drug-likeness (QED) is 0.881. The summed E-state index contributed by atoms with van der Waals surface area (Å²) in [4.78, 5) is 12.1. The molecule has 1 aliphatic rings. The van der Waals surface area contributed by atoms with Gasteiger partial charge in [-0.1, -0.05) is 23.7 Å². The van der Waals surface area contributed by atoms with Crippen LogP contribution in [-0.4, -0.2) is 43.6 Å². The number of piperidine rings is 1. The van der Waals surface area contributed by atoms with E-state index < -0.39 is 16.1 Å². The molecule has 1 amide bonds. The summed E-state index contributed by atoms with van der Waals surface area (Å²) < 4.78 is 26.9. The number of carbonyl (C=O) groups is 1. The summed E-state index contributed by atoms with van der Waals surface area (Å²) in [7, 11) is -3.46. The molecule has 0 radical (unpaired) electrons. The predicted molar refractivity (Wildman–Crippen MR) is 79.8 cm³/mol. The molecule has 116 valence electrons. The molecule has 0 aliphatic carbocycles. The molecule has 21 heavy (non-hydrogen) atoms. The molecule has 1 aromatic rings. The third-order valence-corrected chi connectivity index (χ3v) is 5.00. The monoisotopic (exact) mass is 332 g/mol. The Morgan fingerprint density at radius 2 is 2.05 bits per heavy atom. The van der Waals surface area contributed by atoms with Gasteiger partial charge in [-0.05, 0) is 30.5 Å². The van der Waals surface area contributed by atoms with Crippen LogP contribution in [0.3, 0.4) is 0 Å². The molecule has 0 atom stereocenters. The van der Waals surface area contributed by atoms with Crippen LogP contribution in [0.1, 0.15) is 18.4 Å². The molecule has 8 heteroatoms. The fourth-order valence-corrected chi connectivity index (χ4v) is 3.99. The van der Waals surface area contributed by atoms with E-state index in [0.29, 0.717) is 36.5 Å². The third-order valence-electron chi connectivity index (χ3n) is 3.36. The second-order valence-corrected chi connectivity index (χ2v) is 7.24. The Kier molecular flexibility index (Phi) is 5.08. The number of nitrogens with one attached hydrogen (secondary N) is 1. The zero-order chi connectivity index (χ0) is 15.5. The zero-order valence-electron chi connectivity index (χ0n) is 11.3. The average Bonchev–Trinajstić information content (AvgIpc) is 2.38. The smallest absolute Gasteiger partial charge is 0.407 e. The summed E-state index contributed by atoms with van der Waals surface area (Å²) in [6.07, 6.45) is 0.0116. The molecule has 6 nitrogen and oxygen atoms in total. The van der Waals surface area contributed by atoms with E-state index in [1.165, 1.54) is 4.90 Å². The second kappa shape index (κ2) is 6.64. The van der Waals surface area contributed by atoms with Crippen LogP contribution >= 0.6 is 11.6 Å². The van der Waals surface area contributed by atoms with Crippen LogP contribution < -0.4 is 4.72 Å². The number of rotatable bonds is 4. The van der Waals surface area contributed by atoms with Crippen molar-refractivity contribution in [1.29, 1.82) is 0 Å². The number of amides is 1. The van der Waals surface area contributed by atoms with Crippen molar-refractivity contribution >= 4 is 27.7 Å². The highest BCUT2D eigenvalue weighted by Gasteiger charge is 2.25. The van der Waals surface area contributed by atoms with Crippen LogP contribution in [0.4, 0.5) is 4.79 Å². The Hall–Kier alpha value is -1.31. The molecular weight excluding hydrogens is 316 g/mol. The molecule has 0 spiro atoms. The molecule has 0 aromatic heterocycles. The third kappa shape index (κ3) is 4.87. The largest absolute Gasteiger partial charge is 0.465 e. The number of halogens is 1. The average molecular weight is 333 g/mol. The molecule has 1 heterocycles. The van der Waals surface area contributed by atoms with E-state index in [2.05, 4.69) is 4.72 Å². The van der Waals surface area contributed by atoms with Gasteiger partial charge in [-0.15, -0.1) is 0 Å². The fourth-order valence-electron chi connectivity index (χ4n) is 2.33. The van der Waals surface area contributed by atoms with E-state index in [1.807, 2.05) is 0 Å². The lowest BCUT2D eigenvalue weighted by Gasteiger charge is -2.30. The summed E-state index contributed by atoms with van der Waals surface area (Å²) in [5, 5.41) is 9.35. The first-order valence-electron chi connectivity index (χ1n) is 6.58. The Bertz CT molecular complexity index is 612. The van der Waals surface area contributed by atoms with Gasteiger partial charge in [-0.2, -0.15) is 0 Å². The topological polar surface area (TPSA) is 86.7 Å². The van der Waals surface area contributed by atoms with Crippen molar-refractivity contribution < 1.29 is 18.3 Å². The maximum atomic E-state index is 12.1. The highest BCUT2D eigenvalue weighted by atomic mass is 35.5. The van der Waals surface area contributed by atoms with Crippen LogP contribution in [0.2, 0.25) is 5.02 Å². The van der Waals surface area contributed by atoms with Crippen molar-refractivity contribution in [1.82, 2.24) is 9.62 Å². The SMILES string of the molecule is O=C(O)N1CCC(NS(=O)(=O)Cc2cccc(Cl)c2)CC1. The highest BCUT2D eigenvalue weighted by molar-refractivity contribution is 7.88. The van der Waals surface area contributed by atoms with Gasteiger partial charge in [0.2, 0.25) is 10.0 Å². The van der Waals surface area contributed by atoms with Crippen molar-refractivity contribution in [2.45, 2.75) is 24.6 Å². The summed E-state index contributed by atoms with van der Waals surface area (Å²) in [5.41, 5.74) is 0.623. The maximum Gasteiger partial charge on any atom is 0.407 e. The molecule has 0 unspecified atom stereocenters. The van der Waals surface area contributed by atoms with E-state index in [-0.39, 0.29) is 11.8 Å². The Morgan fingerprint density at radius 1 is 1.38 bits per heavy atom. The van der Waals surface area contributed by atoms with Crippen LogP contribution in [-0.2, 0) is 15.8 Å². The molecule has 0 saturated carbocycles. The summed E-state index contributed by atoms with van der Waals surface area (Å²) in [6.45, 7) is 0.694. The van der Waals surface area contributed by atoms with Gasteiger partial charge in [-0.25, -0.2) is 17.9 Å². The number of benzene rings is 1. The van der Waals surface area contributed by atoms with Crippen molar-refractivity contribution in [2.75, 3.05) is 13.1 Å². The van der Waals surface area contributed by atoms with Gasteiger partial charge >= 0.3 is 6.09 Å². The standard InChI is InChI=1S/C13H17ClN2O4S/c14-11-3-1-2-10(8-11)9-21(19,20)15-12-4-6-16(7-5-12)13(17)18/h1-3,8,12,15H,4-7,9H2,(H,17,18). The summed E-state index contributed by atoms with van der Waals surface area (Å²) in [5.74, 6) is -0.132.